The molecule has 0 fully saturated rings. The summed E-state index contributed by atoms with van der Waals surface area (Å²) in [5.41, 5.74) is 1.20. The van der Waals surface area contributed by atoms with Crippen molar-refractivity contribution in [1.82, 2.24) is 0 Å². The Bertz CT molecular complexity index is 879. The molecule has 0 saturated carbocycles. The average Bonchev–Trinajstić information content (AvgIpc) is 2.55. The molecular weight excluding hydrogens is 366 g/mol. The highest BCUT2D eigenvalue weighted by molar-refractivity contribution is 7.92. The second-order valence-electron chi connectivity index (χ2n) is 5.31. The number of benzene rings is 2. The number of halogens is 1. The van der Waals surface area contributed by atoms with Gasteiger partial charge in [-0.25, -0.2) is 8.42 Å². The molecule has 0 aliphatic heterocycles. The molecule has 25 heavy (non-hydrogen) atoms. The number of methoxy groups -OCH3 is 2. The van der Waals surface area contributed by atoms with Crippen LogP contribution in [0.15, 0.2) is 41.3 Å². The summed E-state index contributed by atoms with van der Waals surface area (Å²) in [5, 5.41) is 2.83. The van der Waals surface area contributed by atoms with E-state index < -0.39 is 21.5 Å². The molecule has 0 saturated heterocycles. The lowest BCUT2D eigenvalue weighted by molar-refractivity contribution is -0.113. The largest absolute Gasteiger partial charge is 0.495 e. The van der Waals surface area contributed by atoms with Crippen LogP contribution in [0.2, 0.25) is 5.02 Å². The van der Waals surface area contributed by atoms with Crippen LogP contribution in [0.3, 0.4) is 0 Å². The predicted molar refractivity (Wildman–Crippen MR) is 96.4 cm³/mol. The van der Waals surface area contributed by atoms with Crippen LogP contribution in [0.25, 0.3) is 0 Å². The Morgan fingerprint density at radius 1 is 1.08 bits per heavy atom. The Labute approximate surface area is 151 Å². The van der Waals surface area contributed by atoms with Gasteiger partial charge in [0.2, 0.25) is 5.91 Å². The van der Waals surface area contributed by atoms with Crippen LogP contribution in [-0.2, 0) is 14.6 Å². The Balaban J connectivity index is 2.21. The smallest absolute Gasteiger partial charge is 0.240 e. The number of anilines is 1. The van der Waals surface area contributed by atoms with Gasteiger partial charge in [0.1, 0.15) is 17.3 Å². The molecular formula is C17H18ClNO5S. The van der Waals surface area contributed by atoms with Crippen molar-refractivity contribution >= 4 is 33.0 Å². The molecule has 2 aromatic carbocycles. The van der Waals surface area contributed by atoms with Crippen molar-refractivity contribution in [3.8, 4) is 11.5 Å². The van der Waals surface area contributed by atoms with Gasteiger partial charge in [-0.1, -0.05) is 29.3 Å². The molecule has 1 N–H and O–H groups in total. The van der Waals surface area contributed by atoms with Gasteiger partial charge in [0.15, 0.2) is 9.84 Å². The minimum atomic E-state index is -3.75. The lowest BCUT2D eigenvalue weighted by Gasteiger charge is -2.13. The van der Waals surface area contributed by atoms with E-state index in [-0.39, 0.29) is 10.6 Å². The zero-order chi connectivity index (χ0) is 18.6. The fourth-order valence-corrected chi connectivity index (χ4v) is 3.51. The maximum atomic E-state index is 12.3. The molecule has 0 unspecified atom stereocenters. The normalized spacial score (nSPS) is 11.0. The molecule has 0 aliphatic carbocycles. The summed E-state index contributed by atoms with van der Waals surface area (Å²) in [4.78, 5) is 12.3. The van der Waals surface area contributed by atoms with Gasteiger partial charge in [0, 0.05) is 12.1 Å². The molecule has 6 nitrogen and oxygen atoms in total. The van der Waals surface area contributed by atoms with E-state index in [1.54, 1.807) is 12.1 Å². The number of carbonyl (C=O) groups excluding carboxylic acids is 1. The van der Waals surface area contributed by atoms with E-state index in [1.165, 1.54) is 38.5 Å². The summed E-state index contributed by atoms with van der Waals surface area (Å²) in [6.45, 7) is 1.85. The number of rotatable bonds is 6. The van der Waals surface area contributed by atoms with E-state index in [2.05, 4.69) is 5.32 Å². The van der Waals surface area contributed by atoms with E-state index in [0.29, 0.717) is 16.5 Å². The number of amides is 1. The van der Waals surface area contributed by atoms with Crippen molar-refractivity contribution in [3.05, 3.63) is 47.0 Å². The SMILES string of the molecule is COc1cc(NC(=O)CS(=O)(=O)c2ccc(C)cc2)c(OC)cc1Cl. The first-order chi connectivity index (χ1) is 11.8. The number of nitrogens with one attached hydrogen (secondary N) is 1. The molecule has 8 heteroatoms. The average molecular weight is 384 g/mol. The number of hydrogen-bond acceptors (Lipinski definition) is 5. The van der Waals surface area contributed by atoms with Crippen LogP contribution in [-0.4, -0.2) is 34.3 Å². The van der Waals surface area contributed by atoms with E-state index in [4.69, 9.17) is 21.1 Å². The van der Waals surface area contributed by atoms with Crippen molar-refractivity contribution in [3.63, 3.8) is 0 Å². The van der Waals surface area contributed by atoms with Gasteiger partial charge in [-0.15, -0.1) is 0 Å². The maximum Gasteiger partial charge on any atom is 0.240 e. The number of carbonyl (C=O) groups is 1. The van der Waals surface area contributed by atoms with E-state index >= 15 is 0 Å². The number of ether oxygens (including phenoxy) is 2. The topological polar surface area (TPSA) is 81.7 Å². The van der Waals surface area contributed by atoms with Gasteiger partial charge in [0.25, 0.3) is 0 Å². The van der Waals surface area contributed by atoms with Gasteiger partial charge in [-0.05, 0) is 19.1 Å². The number of sulfone groups is 1. The molecule has 0 spiro atoms. The van der Waals surface area contributed by atoms with Gasteiger partial charge < -0.3 is 14.8 Å². The lowest BCUT2D eigenvalue weighted by Crippen LogP contribution is -2.23. The predicted octanol–water partition coefficient (Wildman–Crippen LogP) is 3.08. The Morgan fingerprint density at radius 2 is 1.68 bits per heavy atom. The molecule has 0 aromatic heterocycles. The van der Waals surface area contributed by atoms with Crippen molar-refractivity contribution in [2.24, 2.45) is 0 Å². The summed E-state index contributed by atoms with van der Waals surface area (Å²) >= 11 is 6.00. The van der Waals surface area contributed by atoms with Crippen LogP contribution in [0.4, 0.5) is 5.69 Å². The third-order valence-corrected chi connectivity index (χ3v) is 5.38. The van der Waals surface area contributed by atoms with Gasteiger partial charge in [-0.2, -0.15) is 0 Å². The fourth-order valence-electron chi connectivity index (χ4n) is 2.15. The Hall–Kier alpha value is -2.25. The van der Waals surface area contributed by atoms with E-state index in [1.807, 2.05) is 6.92 Å². The minimum absolute atomic E-state index is 0.0916. The van der Waals surface area contributed by atoms with Crippen LogP contribution in [0.1, 0.15) is 5.56 Å². The van der Waals surface area contributed by atoms with Crippen LogP contribution in [0, 0.1) is 6.92 Å². The van der Waals surface area contributed by atoms with E-state index in [0.717, 1.165) is 5.56 Å². The molecule has 1 amide bonds. The molecule has 0 aliphatic rings. The minimum Gasteiger partial charge on any atom is -0.495 e. The third kappa shape index (κ3) is 4.64. The molecule has 0 heterocycles. The number of hydrogen-bond donors (Lipinski definition) is 1. The van der Waals surface area contributed by atoms with Crippen molar-refractivity contribution in [2.75, 3.05) is 25.3 Å². The summed E-state index contributed by atoms with van der Waals surface area (Å²) in [6, 6.07) is 9.26. The highest BCUT2D eigenvalue weighted by atomic mass is 35.5. The van der Waals surface area contributed by atoms with Crippen molar-refractivity contribution in [2.45, 2.75) is 11.8 Å². The standard InChI is InChI=1S/C17H18ClNO5S/c1-11-4-6-12(7-5-11)25(21,22)10-17(20)19-14-9-15(23-2)13(18)8-16(14)24-3/h4-9H,10H2,1-3H3,(H,19,20). The zero-order valence-corrected chi connectivity index (χ0v) is 15.6. The monoisotopic (exact) mass is 383 g/mol. The first-order valence-corrected chi connectivity index (χ1v) is 9.30. The van der Waals surface area contributed by atoms with Crippen LogP contribution >= 0.6 is 11.6 Å². The first-order valence-electron chi connectivity index (χ1n) is 7.27. The highest BCUT2D eigenvalue weighted by Gasteiger charge is 2.21. The lowest BCUT2D eigenvalue weighted by atomic mass is 10.2. The van der Waals surface area contributed by atoms with Crippen LogP contribution < -0.4 is 14.8 Å². The van der Waals surface area contributed by atoms with Crippen LogP contribution in [0.5, 0.6) is 11.5 Å². The van der Waals surface area contributed by atoms with Crippen molar-refractivity contribution in [1.29, 1.82) is 0 Å². The molecule has 134 valence electrons. The summed E-state index contributed by atoms with van der Waals surface area (Å²) in [6.07, 6.45) is 0. The summed E-state index contributed by atoms with van der Waals surface area (Å²) in [5.74, 6) is -0.751. The molecule has 0 bridgehead atoms. The van der Waals surface area contributed by atoms with Gasteiger partial charge in [0.05, 0.1) is 29.8 Å². The van der Waals surface area contributed by atoms with Crippen molar-refractivity contribution < 1.29 is 22.7 Å². The molecule has 2 rings (SSSR count). The molecule has 0 radical (unpaired) electrons. The molecule has 0 atom stereocenters. The van der Waals surface area contributed by atoms with Gasteiger partial charge >= 0.3 is 0 Å². The van der Waals surface area contributed by atoms with E-state index in [9.17, 15) is 13.2 Å². The van der Waals surface area contributed by atoms with Gasteiger partial charge in [-0.3, -0.25) is 4.79 Å². The second kappa shape index (κ2) is 7.76. The maximum absolute atomic E-state index is 12.3. The Kier molecular flexibility index (Phi) is 5.92. The third-order valence-electron chi connectivity index (χ3n) is 3.45. The summed E-state index contributed by atoms with van der Waals surface area (Å²) in [7, 11) is -0.905. The molecule has 2 aromatic rings. The first kappa shape index (κ1) is 19.1. The quantitative estimate of drug-likeness (QED) is 0.828. The fraction of sp³-hybridized carbons (Fsp3) is 0.235. The zero-order valence-electron chi connectivity index (χ0n) is 14.0. The second-order valence-corrected chi connectivity index (χ2v) is 7.70. The number of aryl methyl sites for hydroxylation is 1. The Morgan fingerprint density at radius 3 is 2.24 bits per heavy atom. The highest BCUT2D eigenvalue weighted by Crippen LogP contribution is 2.35. The summed E-state index contributed by atoms with van der Waals surface area (Å²) < 4.78 is 34.9.